The van der Waals surface area contributed by atoms with Crippen molar-refractivity contribution < 1.29 is 4.40 Å². The summed E-state index contributed by atoms with van der Waals surface area (Å²) in [5, 5.41) is 1.29. The van der Waals surface area contributed by atoms with Gasteiger partial charge in [-0.05, 0) is 19.1 Å². The van der Waals surface area contributed by atoms with Crippen molar-refractivity contribution in [3.63, 3.8) is 0 Å². The molecule has 0 aliphatic rings. The molecule has 0 aliphatic carbocycles. The van der Waals surface area contributed by atoms with Crippen molar-refractivity contribution in [1.29, 1.82) is 0 Å². The third kappa shape index (κ3) is 1.04. The lowest BCUT2D eigenvalue weighted by Gasteiger charge is -1.90. The molecule has 0 saturated carbocycles. The number of pyridine rings is 1. The molecule has 0 saturated heterocycles. The molecule has 3 aromatic rings. The number of aryl methyl sites for hydroxylation is 1. The van der Waals surface area contributed by atoms with Crippen LogP contribution >= 0.6 is 11.3 Å². The average Bonchev–Trinajstić information content (AvgIpc) is 2.59. The Balaban J connectivity index is 2.60. The molecule has 0 N–H and O–H groups in total. The van der Waals surface area contributed by atoms with Crippen molar-refractivity contribution in [2.75, 3.05) is 0 Å². The van der Waals surface area contributed by atoms with Crippen LogP contribution in [0.5, 0.6) is 0 Å². The Labute approximate surface area is 86.2 Å². The van der Waals surface area contributed by atoms with Crippen LogP contribution in [0.3, 0.4) is 0 Å². The highest BCUT2D eigenvalue weighted by atomic mass is 32.1. The molecular weight excluding hydrogens is 190 g/mol. The highest BCUT2D eigenvalue weighted by Gasteiger charge is 2.10. The van der Waals surface area contributed by atoms with Gasteiger partial charge in [0.05, 0.1) is 4.88 Å². The summed E-state index contributed by atoms with van der Waals surface area (Å²) < 4.78 is 2.26. The van der Waals surface area contributed by atoms with E-state index in [0.29, 0.717) is 0 Å². The van der Waals surface area contributed by atoms with Crippen molar-refractivity contribution in [3.05, 3.63) is 47.5 Å². The van der Waals surface area contributed by atoms with E-state index in [9.17, 15) is 0 Å². The molecule has 2 heterocycles. The van der Waals surface area contributed by atoms with Crippen molar-refractivity contribution in [2.45, 2.75) is 6.92 Å². The lowest BCUT2D eigenvalue weighted by Crippen LogP contribution is -2.18. The molecule has 0 fully saturated rings. The maximum atomic E-state index is 2.26. The molecule has 2 aromatic heterocycles. The van der Waals surface area contributed by atoms with Crippen LogP contribution in [-0.4, -0.2) is 0 Å². The Bertz CT molecular complexity index is 610. The third-order valence-electron chi connectivity index (χ3n) is 2.42. The first-order valence-electron chi connectivity index (χ1n) is 4.64. The van der Waals surface area contributed by atoms with Gasteiger partial charge in [-0.3, -0.25) is 0 Å². The number of rotatable bonds is 0. The Morgan fingerprint density at radius 3 is 2.86 bits per heavy atom. The largest absolute Gasteiger partial charge is 0.267 e. The van der Waals surface area contributed by atoms with Crippen molar-refractivity contribution >= 4 is 27.1 Å². The van der Waals surface area contributed by atoms with Crippen LogP contribution in [0.2, 0.25) is 0 Å². The minimum Gasteiger partial charge on any atom is -0.150 e. The van der Waals surface area contributed by atoms with E-state index in [4.69, 9.17) is 0 Å². The van der Waals surface area contributed by atoms with Crippen molar-refractivity contribution in [1.82, 2.24) is 0 Å². The summed E-state index contributed by atoms with van der Waals surface area (Å²) in [7, 11) is 0. The zero-order valence-electron chi connectivity index (χ0n) is 7.90. The van der Waals surface area contributed by atoms with Crippen LogP contribution in [0.1, 0.15) is 4.88 Å². The maximum Gasteiger partial charge on any atom is 0.267 e. The first kappa shape index (κ1) is 7.94. The summed E-state index contributed by atoms with van der Waals surface area (Å²) in [5.41, 5.74) is 1.29. The normalized spacial score (nSPS) is 11.2. The van der Waals surface area contributed by atoms with E-state index in [1.54, 1.807) is 0 Å². The number of benzene rings is 1. The monoisotopic (exact) mass is 200 g/mol. The Morgan fingerprint density at radius 2 is 1.93 bits per heavy atom. The Kier molecular flexibility index (Phi) is 1.58. The fourth-order valence-electron chi connectivity index (χ4n) is 1.80. The molecule has 2 heteroatoms. The predicted molar refractivity (Wildman–Crippen MR) is 59.7 cm³/mol. The van der Waals surface area contributed by atoms with E-state index in [1.165, 1.54) is 20.6 Å². The second-order valence-corrected chi connectivity index (χ2v) is 4.71. The molecule has 0 amide bonds. The van der Waals surface area contributed by atoms with Crippen LogP contribution in [0.15, 0.2) is 42.6 Å². The zero-order chi connectivity index (χ0) is 9.54. The average molecular weight is 200 g/mol. The molecule has 3 rings (SSSR count). The number of fused-ring (bicyclic) bond motifs is 3. The zero-order valence-corrected chi connectivity index (χ0v) is 8.71. The molecule has 14 heavy (non-hydrogen) atoms. The van der Waals surface area contributed by atoms with Gasteiger partial charge in [0, 0.05) is 17.5 Å². The summed E-state index contributed by atoms with van der Waals surface area (Å²) in [6.45, 7) is 2.15. The SMILES string of the molecule is Cc1c[n+]2c(ccc3ccccc32)s1. The first-order chi connectivity index (χ1) is 6.84. The molecule has 0 radical (unpaired) electrons. The van der Waals surface area contributed by atoms with Crippen LogP contribution in [0.4, 0.5) is 0 Å². The number of thiazole rings is 1. The Hall–Kier alpha value is -1.41. The van der Waals surface area contributed by atoms with Gasteiger partial charge in [0.25, 0.3) is 4.83 Å². The number of hydrogen-bond acceptors (Lipinski definition) is 1. The summed E-state index contributed by atoms with van der Waals surface area (Å²) in [5.74, 6) is 0. The number of para-hydroxylation sites is 1. The molecular formula is C12H10NS+. The van der Waals surface area contributed by atoms with Gasteiger partial charge in [-0.25, -0.2) is 0 Å². The maximum absolute atomic E-state index is 2.26. The second-order valence-electron chi connectivity index (χ2n) is 3.44. The standard InChI is InChI=1S/C12H10NS/c1-9-8-13-11-5-3-2-4-10(11)6-7-12(13)14-9/h2-8H,1H3/q+1. The summed E-state index contributed by atoms with van der Waals surface area (Å²) in [6, 6.07) is 12.8. The number of nitrogens with zero attached hydrogens (tertiary/aromatic N) is 1. The van der Waals surface area contributed by atoms with Gasteiger partial charge in [0.15, 0.2) is 6.20 Å². The van der Waals surface area contributed by atoms with Gasteiger partial charge in [-0.15, -0.1) is 4.40 Å². The van der Waals surface area contributed by atoms with Gasteiger partial charge < -0.3 is 0 Å². The minimum absolute atomic E-state index is 1.29. The molecule has 0 aliphatic heterocycles. The van der Waals surface area contributed by atoms with Gasteiger partial charge in [-0.2, -0.15) is 0 Å². The van der Waals surface area contributed by atoms with E-state index in [0.717, 1.165) is 0 Å². The molecule has 1 aromatic carbocycles. The Morgan fingerprint density at radius 1 is 1.07 bits per heavy atom. The van der Waals surface area contributed by atoms with E-state index in [1.807, 2.05) is 11.3 Å². The second kappa shape index (κ2) is 2.79. The lowest BCUT2D eigenvalue weighted by atomic mass is 10.2. The van der Waals surface area contributed by atoms with E-state index in [2.05, 4.69) is 53.9 Å². The summed E-state index contributed by atoms with van der Waals surface area (Å²) in [4.78, 5) is 2.66. The molecule has 0 spiro atoms. The molecule has 0 bridgehead atoms. The van der Waals surface area contributed by atoms with Gasteiger partial charge in [0.1, 0.15) is 0 Å². The minimum atomic E-state index is 1.29. The topological polar surface area (TPSA) is 4.10 Å². The van der Waals surface area contributed by atoms with Crippen LogP contribution in [-0.2, 0) is 0 Å². The molecule has 0 atom stereocenters. The predicted octanol–water partition coefficient (Wildman–Crippen LogP) is 2.95. The summed E-state index contributed by atoms with van der Waals surface area (Å²) in [6.07, 6.45) is 2.20. The number of hydrogen-bond donors (Lipinski definition) is 0. The summed E-state index contributed by atoms with van der Waals surface area (Å²) >= 11 is 1.83. The third-order valence-corrected chi connectivity index (χ3v) is 3.38. The highest BCUT2D eigenvalue weighted by molar-refractivity contribution is 7.16. The number of aromatic nitrogens is 1. The highest BCUT2D eigenvalue weighted by Crippen LogP contribution is 2.16. The van der Waals surface area contributed by atoms with Crippen LogP contribution in [0, 0.1) is 6.92 Å². The van der Waals surface area contributed by atoms with Gasteiger partial charge >= 0.3 is 0 Å². The molecule has 1 nitrogen and oxygen atoms in total. The van der Waals surface area contributed by atoms with Gasteiger partial charge in [0.2, 0.25) is 5.52 Å². The van der Waals surface area contributed by atoms with Crippen molar-refractivity contribution in [2.24, 2.45) is 0 Å². The quantitative estimate of drug-likeness (QED) is 0.491. The van der Waals surface area contributed by atoms with E-state index < -0.39 is 0 Å². The fourth-order valence-corrected chi connectivity index (χ4v) is 2.67. The van der Waals surface area contributed by atoms with E-state index >= 15 is 0 Å². The van der Waals surface area contributed by atoms with E-state index in [-0.39, 0.29) is 0 Å². The first-order valence-corrected chi connectivity index (χ1v) is 5.46. The fraction of sp³-hybridized carbons (Fsp3) is 0.0833. The molecule has 68 valence electrons. The smallest absolute Gasteiger partial charge is 0.150 e. The van der Waals surface area contributed by atoms with Crippen molar-refractivity contribution in [3.8, 4) is 0 Å². The van der Waals surface area contributed by atoms with Crippen LogP contribution < -0.4 is 4.40 Å². The van der Waals surface area contributed by atoms with Crippen LogP contribution in [0.25, 0.3) is 15.7 Å². The van der Waals surface area contributed by atoms with Gasteiger partial charge in [-0.1, -0.05) is 23.5 Å². The lowest BCUT2D eigenvalue weighted by molar-refractivity contribution is -0.477. The molecule has 0 unspecified atom stereocenters.